The number of carbonyl (C=O) groups is 2. The average molecular weight is 384 g/mol. The third kappa shape index (κ3) is 6.35. The topological polar surface area (TPSA) is 99.1 Å². The van der Waals surface area contributed by atoms with Crippen molar-refractivity contribution in [3.05, 3.63) is 59.7 Å². The molecule has 2 amide bonds. The van der Waals surface area contributed by atoms with Crippen molar-refractivity contribution in [1.82, 2.24) is 10.2 Å². The molecule has 28 heavy (non-hydrogen) atoms. The maximum atomic E-state index is 11.9. The fraction of sp³-hybridized carbons (Fsp3) is 0.238. The summed E-state index contributed by atoms with van der Waals surface area (Å²) in [6.45, 7) is 2.83. The summed E-state index contributed by atoms with van der Waals surface area (Å²) in [6, 6.07) is 11.5. The fourth-order valence-electron chi connectivity index (χ4n) is 2.28. The summed E-state index contributed by atoms with van der Waals surface area (Å²) in [5.74, 6) is -0.273. The summed E-state index contributed by atoms with van der Waals surface area (Å²) in [5.41, 5.74) is 1.52. The Bertz CT molecular complexity index is 864. The Kier molecular flexibility index (Phi) is 7.45. The quantitative estimate of drug-likeness (QED) is 0.504. The standard InChI is InChI=1S/C21H24N2O5/c1-3-23(2)21(27)28-17-6-4-5-15(13-17)11-12-22-20(26)10-8-16-7-9-18(24)19(25)14-16/h4-10,13-14,24-25H,3,11-12H2,1-2H3,(H,22,26)/b10-8+. The lowest BCUT2D eigenvalue weighted by molar-refractivity contribution is -0.116. The Balaban J connectivity index is 1.83. The zero-order valence-electron chi connectivity index (χ0n) is 15.9. The molecular formula is C21H24N2O5. The van der Waals surface area contributed by atoms with E-state index in [1.807, 2.05) is 13.0 Å². The van der Waals surface area contributed by atoms with Gasteiger partial charge in [0.1, 0.15) is 5.75 Å². The normalized spacial score (nSPS) is 10.6. The molecule has 0 aliphatic heterocycles. The predicted octanol–water partition coefficient (Wildman–Crippen LogP) is 2.92. The lowest BCUT2D eigenvalue weighted by Gasteiger charge is -2.14. The molecule has 0 fully saturated rings. The van der Waals surface area contributed by atoms with Gasteiger partial charge in [0.05, 0.1) is 0 Å². The summed E-state index contributed by atoms with van der Waals surface area (Å²) >= 11 is 0. The molecule has 7 nitrogen and oxygen atoms in total. The lowest BCUT2D eigenvalue weighted by atomic mass is 10.1. The summed E-state index contributed by atoms with van der Waals surface area (Å²) in [5, 5.41) is 21.5. The molecule has 148 valence electrons. The van der Waals surface area contributed by atoms with E-state index < -0.39 is 6.09 Å². The average Bonchev–Trinajstić information content (AvgIpc) is 2.68. The highest BCUT2D eigenvalue weighted by atomic mass is 16.6. The number of benzene rings is 2. The van der Waals surface area contributed by atoms with Gasteiger partial charge in [-0.2, -0.15) is 0 Å². The maximum absolute atomic E-state index is 11.9. The van der Waals surface area contributed by atoms with Crippen LogP contribution in [0.25, 0.3) is 6.08 Å². The van der Waals surface area contributed by atoms with Crippen molar-refractivity contribution in [2.45, 2.75) is 13.3 Å². The second kappa shape index (κ2) is 10.0. The van der Waals surface area contributed by atoms with Gasteiger partial charge in [-0.15, -0.1) is 0 Å². The van der Waals surface area contributed by atoms with Gasteiger partial charge < -0.3 is 25.2 Å². The molecule has 2 aromatic rings. The number of rotatable bonds is 7. The van der Waals surface area contributed by atoms with E-state index in [9.17, 15) is 19.8 Å². The number of phenols is 2. The monoisotopic (exact) mass is 384 g/mol. The highest BCUT2D eigenvalue weighted by Crippen LogP contribution is 2.25. The molecule has 0 radical (unpaired) electrons. The molecule has 2 rings (SSSR count). The Morgan fingerprint density at radius 1 is 1.14 bits per heavy atom. The van der Waals surface area contributed by atoms with Crippen LogP contribution in [0.2, 0.25) is 0 Å². The Morgan fingerprint density at radius 2 is 1.93 bits per heavy atom. The summed E-state index contributed by atoms with van der Waals surface area (Å²) < 4.78 is 5.29. The van der Waals surface area contributed by atoms with Gasteiger partial charge in [-0.3, -0.25) is 4.79 Å². The molecule has 0 aromatic heterocycles. The van der Waals surface area contributed by atoms with Gasteiger partial charge in [-0.25, -0.2) is 4.79 Å². The van der Waals surface area contributed by atoms with Crippen LogP contribution < -0.4 is 10.1 Å². The molecule has 0 aliphatic rings. The van der Waals surface area contributed by atoms with E-state index in [4.69, 9.17) is 4.74 Å². The molecule has 0 heterocycles. The van der Waals surface area contributed by atoms with Crippen LogP contribution in [0.5, 0.6) is 17.2 Å². The number of phenolic OH excluding ortho intramolecular Hbond substituents is 2. The molecule has 0 atom stereocenters. The van der Waals surface area contributed by atoms with E-state index in [0.29, 0.717) is 30.8 Å². The molecule has 3 N–H and O–H groups in total. The molecule has 0 aliphatic carbocycles. The van der Waals surface area contributed by atoms with E-state index >= 15 is 0 Å². The van der Waals surface area contributed by atoms with Gasteiger partial charge in [0.15, 0.2) is 11.5 Å². The fourth-order valence-corrected chi connectivity index (χ4v) is 2.28. The van der Waals surface area contributed by atoms with E-state index in [1.165, 1.54) is 23.1 Å². The van der Waals surface area contributed by atoms with Crippen molar-refractivity contribution in [3.8, 4) is 17.2 Å². The van der Waals surface area contributed by atoms with Gasteiger partial charge in [0, 0.05) is 26.2 Å². The molecular weight excluding hydrogens is 360 g/mol. The molecule has 0 saturated carbocycles. The summed E-state index contributed by atoms with van der Waals surface area (Å²) in [7, 11) is 1.66. The minimum absolute atomic E-state index is 0.212. The Labute approximate surface area is 163 Å². The Morgan fingerprint density at radius 3 is 2.64 bits per heavy atom. The third-order valence-corrected chi connectivity index (χ3v) is 4.03. The highest BCUT2D eigenvalue weighted by Gasteiger charge is 2.09. The second-order valence-corrected chi connectivity index (χ2v) is 6.15. The molecule has 0 bridgehead atoms. The minimum Gasteiger partial charge on any atom is -0.504 e. The van der Waals surface area contributed by atoms with Crippen molar-refractivity contribution in [2.75, 3.05) is 20.1 Å². The minimum atomic E-state index is -0.418. The van der Waals surface area contributed by atoms with Crippen LogP contribution >= 0.6 is 0 Å². The van der Waals surface area contributed by atoms with Crippen LogP contribution in [-0.4, -0.2) is 47.3 Å². The largest absolute Gasteiger partial charge is 0.504 e. The van der Waals surface area contributed by atoms with Gasteiger partial charge in [0.2, 0.25) is 5.91 Å². The first-order chi connectivity index (χ1) is 13.4. The number of carbonyl (C=O) groups excluding carboxylic acids is 2. The third-order valence-electron chi connectivity index (χ3n) is 4.03. The van der Waals surface area contributed by atoms with Crippen LogP contribution in [0.1, 0.15) is 18.1 Å². The van der Waals surface area contributed by atoms with Gasteiger partial charge in [-0.1, -0.05) is 18.2 Å². The van der Waals surface area contributed by atoms with Crippen molar-refractivity contribution < 1.29 is 24.5 Å². The molecule has 0 unspecified atom stereocenters. The van der Waals surface area contributed by atoms with E-state index in [0.717, 1.165) is 5.56 Å². The second-order valence-electron chi connectivity index (χ2n) is 6.15. The van der Waals surface area contributed by atoms with Crippen LogP contribution in [0.4, 0.5) is 4.79 Å². The van der Waals surface area contributed by atoms with Crippen LogP contribution in [0.15, 0.2) is 48.5 Å². The van der Waals surface area contributed by atoms with Crippen LogP contribution in [0, 0.1) is 0 Å². The zero-order valence-corrected chi connectivity index (χ0v) is 15.9. The zero-order chi connectivity index (χ0) is 20.5. The van der Waals surface area contributed by atoms with Crippen LogP contribution in [-0.2, 0) is 11.2 Å². The van der Waals surface area contributed by atoms with Crippen LogP contribution in [0.3, 0.4) is 0 Å². The first kappa shape index (κ1) is 20.8. The molecule has 0 spiro atoms. The number of hydrogen-bond donors (Lipinski definition) is 3. The first-order valence-corrected chi connectivity index (χ1v) is 8.89. The smallest absolute Gasteiger partial charge is 0.414 e. The van der Waals surface area contributed by atoms with Crippen molar-refractivity contribution in [1.29, 1.82) is 0 Å². The lowest BCUT2D eigenvalue weighted by Crippen LogP contribution is -2.29. The highest BCUT2D eigenvalue weighted by molar-refractivity contribution is 5.91. The van der Waals surface area contributed by atoms with Crippen molar-refractivity contribution in [2.24, 2.45) is 0 Å². The number of nitrogens with one attached hydrogen (secondary N) is 1. The van der Waals surface area contributed by atoms with Gasteiger partial charge in [-0.05, 0) is 54.8 Å². The Hall–Kier alpha value is -3.48. The summed E-state index contributed by atoms with van der Waals surface area (Å²) in [6.07, 6.45) is 3.05. The number of aromatic hydroxyl groups is 2. The van der Waals surface area contributed by atoms with Crippen molar-refractivity contribution in [3.63, 3.8) is 0 Å². The number of hydrogen-bond acceptors (Lipinski definition) is 5. The number of ether oxygens (including phenoxy) is 1. The SMILES string of the molecule is CCN(C)C(=O)Oc1cccc(CCNC(=O)/C=C/c2ccc(O)c(O)c2)c1. The van der Waals surface area contributed by atoms with Gasteiger partial charge in [0.25, 0.3) is 0 Å². The maximum Gasteiger partial charge on any atom is 0.414 e. The van der Waals surface area contributed by atoms with E-state index in [-0.39, 0.29) is 17.4 Å². The molecule has 2 aromatic carbocycles. The predicted molar refractivity (Wildman–Crippen MR) is 106 cm³/mol. The number of nitrogens with zero attached hydrogens (tertiary/aromatic N) is 1. The molecule has 7 heteroatoms. The number of amides is 2. The van der Waals surface area contributed by atoms with Crippen molar-refractivity contribution >= 4 is 18.1 Å². The van der Waals surface area contributed by atoms with E-state index in [2.05, 4.69) is 5.32 Å². The van der Waals surface area contributed by atoms with E-state index in [1.54, 1.807) is 37.4 Å². The van der Waals surface area contributed by atoms with Gasteiger partial charge >= 0.3 is 6.09 Å². The first-order valence-electron chi connectivity index (χ1n) is 8.89. The summed E-state index contributed by atoms with van der Waals surface area (Å²) in [4.78, 5) is 25.2. The molecule has 0 saturated heterocycles.